The van der Waals surface area contributed by atoms with Crippen LogP contribution >= 0.6 is 0 Å². The number of benzene rings is 1. The second-order valence-corrected chi connectivity index (χ2v) is 5.21. The molecule has 6 heteroatoms. The molecule has 0 radical (unpaired) electrons. The molecule has 2 N–H and O–H groups in total. The van der Waals surface area contributed by atoms with E-state index in [1.165, 1.54) is 18.3 Å². The van der Waals surface area contributed by atoms with Crippen molar-refractivity contribution in [2.24, 2.45) is 5.16 Å². The first-order valence-electron chi connectivity index (χ1n) is 6.92. The second kappa shape index (κ2) is 5.81. The van der Waals surface area contributed by atoms with E-state index in [-0.39, 0.29) is 11.3 Å². The molecule has 0 saturated heterocycles. The third kappa shape index (κ3) is 2.35. The molecule has 1 aromatic carbocycles. The highest BCUT2D eigenvalue weighted by atomic mass is 19.2. The van der Waals surface area contributed by atoms with Gasteiger partial charge < -0.3 is 10.3 Å². The van der Waals surface area contributed by atoms with E-state index in [1.54, 1.807) is 12.1 Å². The van der Waals surface area contributed by atoms with E-state index in [0.717, 1.165) is 6.07 Å². The average Bonchev–Trinajstić information content (AvgIpc) is 2.67. The molecule has 0 fully saturated rings. The van der Waals surface area contributed by atoms with Gasteiger partial charge in [0.2, 0.25) is 0 Å². The Balaban J connectivity index is 2.16. The maximum atomic E-state index is 14.1. The molecule has 2 atom stereocenters. The lowest BCUT2D eigenvalue weighted by molar-refractivity contribution is 0.160. The van der Waals surface area contributed by atoms with Gasteiger partial charge >= 0.3 is 0 Å². The zero-order valence-electron chi connectivity index (χ0n) is 11.6. The Morgan fingerprint density at radius 3 is 2.73 bits per heavy atom. The largest absolute Gasteiger partial charge is 0.411 e. The molecule has 114 valence electrons. The highest BCUT2D eigenvalue weighted by Crippen LogP contribution is 2.37. The van der Waals surface area contributed by atoms with Gasteiger partial charge in [-0.25, -0.2) is 8.78 Å². The molecule has 22 heavy (non-hydrogen) atoms. The fourth-order valence-corrected chi connectivity index (χ4v) is 2.90. The fraction of sp³-hybridized carbons (Fsp3) is 0.250. The summed E-state index contributed by atoms with van der Waals surface area (Å²) in [5, 5.41) is 22.9. The van der Waals surface area contributed by atoms with E-state index in [2.05, 4.69) is 10.1 Å². The molecule has 1 heterocycles. The predicted octanol–water partition coefficient (Wildman–Crippen LogP) is 3.15. The number of halogens is 2. The molecule has 1 aliphatic rings. The molecule has 0 aliphatic heterocycles. The van der Waals surface area contributed by atoms with E-state index in [9.17, 15) is 19.1 Å². The Kier molecular flexibility index (Phi) is 3.85. The summed E-state index contributed by atoms with van der Waals surface area (Å²) in [4.78, 5) is 4.12. The minimum atomic E-state index is -0.963. The van der Waals surface area contributed by atoms with Crippen molar-refractivity contribution in [3.63, 3.8) is 0 Å². The van der Waals surface area contributed by atoms with Crippen molar-refractivity contribution >= 4 is 5.71 Å². The third-order valence-corrected chi connectivity index (χ3v) is 3.95. The minimum absolute atomic E-state index is 0.108. The van der Waals surface area contributed by atoms with Crippen molar-refractivity contribution < 1.29 is 19.1 Å². The molecule has 0 unspecified atom stereocenters. The van der Waals surface area contributed by atoms with Crippen molar-refractivity contribution in [2.75, 3.05) is 0 Å². The molecule has 0 amide bonds. The third-order valence-electron chi connectivity index (χ3n) is 3.95. The first-order chi connectivity index (χ1) is 10.6. The summed E-state index contributed by atoms with van der Waals surface area (Å²) in [6.45, 7) is 0. The summed E-state index contributed by atoms with van der Waals surface area (Å²) >= 11 is 0. The zero-order valence-corrected chi connectivity index (χ0v) is 11.6. The van der Waals surface area contributed by atoms with Crippen LogP contribution in [0.5, 0.6) is 0 Å². The van der Waals surface area contributed by atoms with Crippen LogP contribution in [0.2, 0.25) is 0 Å². The van der Waals surface area contributed by atoms with Gasteiger partial charge in [-0.2, -0.15) is 0 Å². The van der Waals surface area contributed by atoms with Crippen molar-refractivity contribution in [3.05, 3.63) is 65.0 Å². The van der Waals surface area contributed by atoms with Gasteiger partial charge in [0.05, 0.1) is 17.5 Å². The Bertz CT molecular complexity index is 734. The molecule has 0 bridgehead atoms. The van der Waals surface area contributed by atoms with E-state index in [0.29, 0.717) is 24.1 Å². The van der Waals surface area contributed by atoms with E-state index in [4.69, 9.17) is 0 Å². The van der Waals surface area contributed by atoms with Crippen LogP contribution in [-0.4, -0.2) is 21.0 Å². The monoisotopic (exact) mass is 304 g/mol. The molecule has 0 spiro atoms. The molecule has 4 nitrogen and oxygen atoms in total. The summed E-state index contributed by atoms with van der Waals surface area (Å²) in [6, 6.07) is 7.20. The number of fused-ring (bicyclic) bond motifs is 1. The number of nitrogens with zero attached hydrogens (tertiary/aromatic N) is 2. The van der Waals surface area contributed by atoms with Crippen LogP contribution in [-0.2, 0) is 0 Å². The molecule has 3 rings (SSSR count). The maximum Gasteiger partial charge on any atom is 0.162 e. The van der Waals surface area contributed by atoms with Crippen molar-refractivity contribution in [3.8, 4) is 0 Å². The van der Waals surface area contributed by atoms with Crippen LogP contribution in [0.4, 0.5) is 8.78 Å². The standard InChI is InChI=1S/C16H14F2N2O2/c17-12-5-1-3-9(14(12)18)10-6-7-13(21)16-11(15(10)20-22)4-2-8-19-16/h1-5,8,10,13,21-22H,6-7H2/b20-15-/t10-,13+/m0/s1. The molecule has 1 aliphatic carbocycles. The number of hydrogen-bond donors (Lipinski definition) is 2. The summed E-state index contributed by atoms with van der Waals surface area (Å²) in [5.41, 5.74) is 1.12. The molecular weight excluding hydrogens is 290 g/mol. The molecule has 2 aromatic rings. The van der Waals surface area contributed by atoms with Crippen LogP contribution in [0.25, 0.3) is 0 Å². The number of hydrogen-bond acceptors (Lipinski definition) is 4. The van der Waals surface area contributed by atoms with Gasteiger partial charge in [-0.3, -0.25) is 4.98 Å². The second-order valence-electron chi connectivity index (χ2n) is 5.21. The molecule has 1 aromatic heterocycles. The first kappa shape index (κ1) is 14.6. The van der Waals surface area contributed by atoms with E-state index >= 15 is 0 Å². The average molecular weight is 304 g/mol. The number of aromatic nitrogens is 1. The van der Waals surface area contributed by atoms with E-state index in [1.807, 2.05) is 0 Å². The van der Waals surface area contributed by atoms with Gasteiger partial charge in [0.1, 0.15) is 0 Å². The SMILES string of the molecule is O/N=C1\c2cccnc2[C@H](O)CC[C@H]1c1cccc(F)c1F. The number of aliphatic hydroxyl groups is 1. The Morgan fingerprint density at radius 2 is 1.95 bits per heavy atom. The van der Waals surface area contributed by atoms with Crippen molar-refractivity contribution in [1.82, 2.24) is 4.98 Å². The molecule has 0 saturated carbocycles. The van der Waals surface area contributed by atoms with Crippen molar-refractivity contribution in [2.45, 2.75) is 24.9 Å². The number of oxime groups is 1. The van der Waals surface area contributed by atoms with Gasteiger partial charge in [0.25, 0.3) is 0 Å². The van der Waals surface area contributed by atoms with E-state index < -0.39 is 23.7 Å². The molecular formula is C16H14F2N2O2. The Hall–Kier alpha value is -2.34. The lowest BCUT2D eigenvalue weighted by atomic mass is 9.88. The Morgan fingerprint density at radius 1 is 1.14 bits per heavy atom. The first-order valence-corrected chi connectivity index (χ1v) is 6.92. The highest BCUT2D eigenvalue weighted by molar-refractivity contribution is 6.06. The maximum absolute atomic E-state index is 14.1. The summed E-state index contributed by atoms with van der Waals surface area (Å²) < 4.78 is 27.6. The zero-order chi connectivity index (χ0) is 15.7. The van der Waals surface area contributed by atoms with Crippen LogP contribution < -0.4 is 0 Å². The topological polar surface area (TPSA) is 65.7 Å². The van der Waals surface area contributed by atoms with Crippen molar-refractivity contribution in [1.29, 1.82) is 0 Å². The number of rotatable bonds is 1. The summed E-state index contributed by atoms with van der Waals surface area (Å²) in [5.74, 6) is -2.57. The van der Waals surface area contributed by atoms with Gasteiger partial charge in [0.15, 0.2) is 11.6 Å². The van der Waals surface area contributed by atoms with Crippen LogP contribution in [0.15, 0.2) is 41.7 Å². The van der Waals surface area contributed by atoms with Gasteiger partial charge in [-0.15, -0.1) is 0 Å². The lowest BCUT2D eigenvalue weighted by Crippen LogP contribution is -2.16. The lowest BCUT2D eigenvalue weighted by Gasteiger charge is -2.17. The predicted molar refractivity (Wildman–Crippen MR) is 75.9 cm³/mol. The minimum Gasteiger partial charge on any atom is -0.411 e. The summed E-state index contributed by atoms with van der Waals surface area (Å²) in [7, 11) is 0. The normalized spacial score (nSPS) is 23.1. The number of pyridine rings is 1. The van der Waals surface area contributed by atoms with Crippen LogP contribution in [0, 0.1) is 11.6 Å². The van der Waals surface area contributed by atoms with Gasteiger partial charge in [-0.05, 0) is 31.0 Å². The highest BCUT2D eigenvalue weighted by Gasteiger charge is 2.32. The Labute approximate surface area is 125 Å². The quantitative estimate of drug-likeness (QED) is 0.483. The van der Waals surface area contributed by atoms with Gasteiger partial charge in [-0.1, -0.05) is 17.3 Å². The smallest absolute Gasteiger partial charge is 0.162 e. The van der Waals surface area contributed by atoms with Crippen LogP contribution in [0.1, 0.15) is 41.7 Å². The van der Waals surface area contributed by atoms with Gasteiger partial charge in [0, 0.05) is 23.2 Å². The summed E-state index contributed by atoms with van der Waals surface area (Å²) in [6.07, 6.45) is 1.32. The fourth-order valence-electron chi connectivity index (χ4n) is 2.90. The van der Waals surface area contributed by atoms with Crippen LogP contribution in [0.3, 0.4) is 0 Å². The number of aliphatic hydroxyl groups excluding tert-OH is 1.